The summed E-state index contributed by atoms with van der Waals surface area (Å²) >= 11 is 3.40. The summed E-state index contributed by atoms with van der Waals surface area (Å²) in [5.74, 6) is 1.43. The fourth-order valence-electron chi connectivity index (χ4n) is 2.08. The highest BCUT2D eigenvalue weighted by atomic mass is 79.9. The molecule has 1 aromatic heterocycles. The van der Waals surface area contributed by atoms with E-state index in [1.807, 2.05) is 24.3 Å². The highest BCUT2D eigenvalue weighted by molar-refractivity contribution is 9.10. The number of rotatable bonds is 4. The minimum Gasteiger partial charge on any atom is -0.340 e. The predicted molar refractivity (Wildman–Crippen MR) is 93.9 cm³/mol. The van der Waals surface area contributed by atoms with Gasteiger partial charge in [0.15, 0.2) is 0 Å². The van der Waals surface area contributed by atoms with E-state index in [4.69, 9.17) is 0 Å². The summed E-state index contributed by atoms with van der Waals surface area (Å²) in [6, 6.07) is 16.0. The summed E-state index contributed by atoms with van der Waals surface area (Å²) in [5, 5.41) is 6.18. The zero-order chi connectivity index (χ0) is 16.2. The Morgan fingerprint density at radius 1 is 0.913 bits per heavy atom. The van der Waals surface area contributed by atoms with Crippen molar-refractivity contribution in [2.75, 3.05) is 10.6 Å². The van der Waals surface area contributed by atoms with Crippen LogP contribution in [-0.4, -0.2) is 9.97 Å². The van der Waals surface area contributed by atoms with E-state index in [1.165, 1.54) is 6.07 Å². The van der Waals surface area contributed by atoms with Crippen LogP contribution in [-0.2, 0) is 0 Å². The van der Waals surface area contributed by atoms with Gasteiger partial charge in [0.1, 0.15) is 23.3 Å². The maximum Gasteiger partial charge on any atom is 0.146 e. The molecule has 0 saturated carbocycles. The second-order valence-corrected chi connectivity index (χ2v) is 5.84. The molecule has 116 valence electrons. The Balaban J connectivity index is 1.84. The molecule has 2 N–H and O–H groups in total. The molecule has 0 bridgehead atoms. The molecule has 0 amide bonds. The predicted octanol–water partition coefficient (Wildman–Crippen LogP) is 5.17. The second kappa shape index (κ2) is 6.75. The fraction of sp³-hybridized carbons (Fsp3) is 0.0588. The van der Waals surface area contributed by atoms with Gasteiger partial charge < -0.3 is 10.6 Å². The first-order valence-electron chi connectivity index (χ1n) is 7.00. The van der Waals surface area contributed by atoms with Crippen LogP contribution in [0, 0.1) is 12.7 Å². The van der Waals surface area contributed by atoms with Crippen LogP contribution in [0.1, 0.15) is 5.82 Å². The SMILES string of the molecule is Cc1nc(Nc2ccc(Br)cc2)cc(Nc2ccccc2F)n1. The minimum absolute atomic E-state index is 0.328. The summed E-state index contributed by atoms with van der Waals surface area (Å²) in [6.45, 7) is 1.79. The first-order valence-corrected chi connectivity index (χ1v) is 7.79. The number of anilines is 4. The highest BCUT2D eigenvalue weighted by Gasteiger charge is 2.06. The molecular weight excluding hydrogens is 359 g/mol. The summed E-state index contributed by atoms with van der Waals surface area (Å²) in [4.78, 5) is 8.64. The molecule has 0 aliphatic rings. The molecule has 0 saturated heterocycles. The van der Waals surface area contributed by atoms with E-state index in [9.17, 15) is 4.39 Å². The number of nitrogens with zero attached hydrogens (tertiary/aromatic N) is 2. The third-order valence-corrected chi connectivity index (χ3v) is 3.62. The smallest absolute Gasteiger partial charge is 0.146 e. The molecule has 4 nitrogen and oxygen atoms in total. The third kappa shape index (κ3) is 4.04. The molecule has 23 heavy (non-hydrogen) atoms. The van der Waals surface area contributed by atoms with E-state index in [1.54, 1.807) is 31.2 Å². The Morgan fingerprint density at radius 3 is 2.26 bits per heavy atom. The Labute approximate surface area is 141 Å². The number of benzene rings is 2. The Kier molecular flexibility index (Phi) is 4.52. The fourth-order valence-corrected chi connectivity index (χ4v) is 2.34. The van der Waals surface area contributed by atoms with Crippen LogP contribution in [0.15, 0.2) is 59.1 Å². The normalized spacial score (nSPS) is 10.4. The first kappa shape index (κ1) is 15.4. The van der Waals surface area contributed by atoms with Crippen molar-refractivity contribution < 1.29 is 4.39 Å². The number of aromatic nitrogens is 2. The number of hydrogen-bond donors (Lipinski definition) is 2. The molecule has 3 aromatic rings. The van der Waals surface area contributed by atoms with Gasteiger partial charge in [-0.15, -0.1) is 0 Å². The molecule has 0 radical (unpaired) electrons. The zero-order valence-corrected chi connectivity index (χ0v) is 13.9. The topological polar surface area (TPSA) is 49.8 Å². The monoisotopic (exact) mass is 372 g/mol. The number of nitrogens with one attached hydrogen (secondary N) is 2. The van der Waals surface area contributed by atoms with Gasteiger partial charge in [-0.05, 0) is 43.3 Å². The van der Waals surface area contributed by atoms with Gasteiger partial charge in [0.25, 0.3) is 0 Å². The molecule has 6 heteroatoms. The lowest BCUT2D eigenvalue weighted by Gasteiger charge is -2.11. The summed E-state index contributed by atoms with van der Waals surface area (Å²) in [6.07, 6.45) is 0. The van der Waals surface area contributed by atoms with Crippen molar-refractivity contribution in [1.29, 1.82) is 0 Å². The van der Waals surface area contributed by atoms with E-state index in [2.05, 4.69) is 36.5 Å². The van der Waals surface area contributed by atoms with Crippen LogP contribution in [0.3, 0.4) is 0 Å². The van der Waals surface area contributed by atoms with Gasteiger partial charge in [0.05, 0.1) is 5.69 Å². The number of halogens is 2. The Bertz CT molecular complexity index is 821. The molecule has 0 atom stereocenters. The maximum atomic E-state index is 13.7. The van der Waals surface area contributed by atoms with Crippen molar-refractivity contribution in [2.45, 2.75) is 6.92 Å². The summed E-state index contributed by atoms with van der Waals surface area (Å²) < 4.78 is 14.7. The largest absolute Gasteiger partial charge is 0.340 e. The molecular formula is C17H14BrFN4. The molecule has 1 heterocycles. The van der Waals surface area contributed by atoms with Crippen LogP contribution >= 0.6 is 15.9 Å². The summed E-state index contributed by atoms with van der Waals surface area (Å²) in [5.41, 5.74) is 1.28. The minimum atomic E-state index is -0.328. The average Bonchev–Trinajstić information content (AvgIpc) is 2.51. The van der Waals surface area contributed by atoms with Crippen molar-refractivity contribution in [3.05, 3.63) is 70.7 Å². The molecule has 2 aromatic carbocycles. The zero-order valence-electron chi connectivity index (χ0n) is 12.3. The van der Waals surface area contributed by atoms with Gasteiger partial charge in [-0.2, -0.15) is 0 Å². The molecule has 0 spiro atoms. The summed E-state index contributed by atoms with van der Waals surface area (Å²) in [7, 11) is 0. The van der Waals surface area contributed by atoms with E-state index in [0.29, 0.717) is 23.1 Å². The number of aryl methyl sites for hydroxylation is 1. The standard InChI is InChI=1S/C17H14BrFN4/c1-11-20-16(22-13-8-6-12(18)7-9-13)10-17(21-11)23-15-5-3-2-4-14(15)19/h2-10H,1H3,(H2,20,21,22,23). The first-order chi connectivity index (χ1) is 11.1. The van der Waals surface area contributed by atoms with E-state index in [0.717, 1.165) is 10.2 Å². The molecule has 3 rings (SSSR count). The van der Waals surface area contributed by atoms with Crippen molar-refractivity contribution in [1.82, 2.24) is 9.97 Å². The van der Waals surface area contributed by atoms with E-state index < -0.39 is 0 Å². The van der Waals surface area contributed by atoms with Crippen molar-refractivity contribution in [3.8, 4) is 0 Å². The van der Waals surface area contributed by atoms with Gasteiger partial charge in [-0.3, -0.25) is 0 Å². The van der Waals surface area contributed by atoms with Crippen LogP contribution in [0.25, 0.3) is 0 Å². The van der Waals surface area contributed by atoms with Crippen LogP contribution in [0.2, 0.25) is 0 Å². The molecule has 0 fully saturated rings. The van der Waals surface area contributed by atoms with Gasteiger partial charge in [0.2, 0.25) is 0 Å². The number of hydrogen-bond acceptors (Lipinski definition) is 4. The lowest BCUT2D eigenvalue weighted by atomic mass is 10.3. The van der Waals surface area contributed by atoms with E-state index in [-0.39, 0.29) is 5.82 Å². The van der Waals surface area contributed by atoms with Gasteiger partial charge in [-0.1, -0.05) is 28.1 Å². The lowest BCUT2D eigenvalue weighted by molar-refractivity contribution is 0.632. The Hall–Kier alpha value is -2.47. The highest BCUT2D eigenvalue weighted by Crippen LogP contribution is 2.22. The van der Waals surface area contributed by atoms with Crippen LogP contribution < -0.4 is 10.6 Å². The van der Waals surface area contributed by atoms with Crippen LogP contribution in [0.4, 0.5) is 27.4 Å². The van der Waals surface area contributed by atoms with Gasteiger partial charge in [-0.25, -0.2) is 14.4 Å². The van der Waals surface area contributed by atoms with Gasteiger partial charge in [0, 0.05) is 16.2 Å². The Morgan fingerprint density at radius 2 is 1.57 bits per heavy atom. The van der Waals surface area contributed by atoms with E-state index >= 15 is 0 Å². The molecule has 0 unspecified atom stereocenters. The molecule has 0 aliphatic carbocycles. The average molecular weight is 373 g/mol. The van der Waals surface area contributed by atoms with Crippen molar-refractivity contribution >= 4 is 38.9 Å². The van der Waals surface area contributed by atoms with Crippen molar-refractivity contribution in [2.24, 2.45) is 0 Å². The van der Waals surface area contributed by atoms with Crippen LogP contribution in [0.5, 0.6) is 0 Å². The van der Waals surface area contributed by atoms with Gasteiger partial charge >= 0.3 is 0 Å². The number of para-hydroxylation sites is 1. The van der Waals surface area contributed by atoms with Crippen molar-refractivity contribution in [3.63, 3.8) is 0 Å². The molecule has 0 aliphatic heterocycles. The third-order valence-electron chi connectivity index (χ3n) is 3.09. The quantitative estimate of drug-likeness (QED) is 0.662. The lowest BCUT2D eigenvalue weighted by Crippen LogP contribution is -2.02. The second-order valence-electron chi connectivity index (χ2n) is 4.92. The maximum absolute atomic E-state index is 13.7.